The van der Waals surface area contributed by atoms with Crippen LogP contribution in [0.15, 0.2) is 12.1 Å². The summed E-state index contributed by atoms with van der Waals surface area (Å²) in [5.41, 5.74) is 1.56. The van der Waals surface area contributed by atoms with Crippen LogP contribution < -0.4 is 4.74 Å². The van der Waals surface area contributed by atoms with Crippen LogP contribution in [0.5, 0.6) is 5.88 Å². The van der Waals surface area contributed by atoms with Crippen LogP contribution in [-0.2, 0) is 10.7 Å². The van der Waals surface area contributed by atoms with Gasteiger partial charge in [-0.15, -0.1) is 11.6 Å². The molecule has 1 amide bonds. The van der Waals surface area contributed by atoms with Crippen LogP contribution >= 0.6 is 11.6 Å². The van der Waals surface area contributed by atoms with E-state index in [1.54, 1.807) is 18.1 Å². The number of hydrogen-bond acceptors (Lipinski definition) is 4. The van der Waals surface area contributed by atoms with Gasteiger partial charge in [0.1, 0.15) is 11.3 Å². The minimum atomic E-state index is 0.144. The Morgan fingerprint density at radius 2 is 2.24 bits per heavy atom. The van der Waals surface area contributed by atoms with Gasteiger partial charge in [-0.2, -0.15) is 4.98 Å². The van der Waals surface area contributed by atoms with Gasteiger partial charge >= 0.3 is 0 Å². The van der Waals surface area contributed by atoms with E-state index in [2.05, 4.69) is 9.97 Å². The van der Waals surface area contributed by atoms with Crippen molar-refractivity contribution in [3.63, 3.8) is 0 Å². The summed E-state index contributed by atoms with van der Waals surface area (Å²) in [6.45, 7) is 0.646. The van der Waals surface area contributed by atoms with E-state index in [0.29, 0.717) is 24.7 Å². The Labute approximate surface area is 127 Å². The zero-order valence-electron chi connectivity index (χ0n) is 12.0. The third-order valence-corrected chi connectivity index (χ3v) is 4.12. The molecule has 0 bridgehead atoms. The molecule has 7 heteroatoms. The summed E-state index contributed by atoms with van der Waals surface area (Å²) in [6, 6.07) is 3.81. The van der Waals surface area contributed by atoms with Crippen molar-refractivity contribution in [1.82, 2.24) is 19.4 Å². The number of aromatic nitrogens is 3. The van der Waals surface area contributed by atoms with Crippen LogP contribution in [0, 0.1) is 0 Å². The van der Waals surface area contributed by atoms with Gasteiger partial charge in [-0.1, -0.05) is 0 Å². The number of hydrogen-bond donors (Lipinski definition) is 0. The molecule has 1 unspecified atom stereocenters. The lowest BCUT2D eigenvalue weighted by atomic mass is 10.1. The Morgan fingerprint density at radius 3 is 2.90 bits per heavy atom. The fourth-order valence-electron chi connectivity index (χ4n) is 2.80. The second-order valence-corrected chi connectivity index (χ2v) is 5.46. The smallest absolute Gasteiger partial charge is 0.222 e. The molecule has 1 saturated heterocycles. The number of methoxy groups -OCH3 is 1. The largest absolute Gasteiger partial charge is 0.481 e. The molecule has 0 aromatic carbocycles. The molecule has 6 nitrogen and oxygen atoms in total. The molecule has 112 valence electrons. The highest BCUT2D eigenvalue weighted by molar-refractivity contribution is 6.16. The standard InChI is InChI=1S/C14H17ClN4O2/c1-18-8-9(3-6-13(18)20)19-11(7-15)16-10-4-5-12(21-2)17-14(10)19/h4-5,9H,3,6-8H2,1-2H3. The van der Waals surface area contributed by atoms with E-state index < -0.39 is 0 Å². The summed E-state index contributed by atoms with van der Waals surface area (Å²) in [4.78, 5) is 22.4. The highest BCUT2D eigenvalue weighted by Gasteiger charge is 2.27. The quantitative estimate of drug-likeness (QED) is 0.813. The first kappa shape index (κ1) is 14.1. The number of rotatable bonds is 3. The van der Waals surface area contributed by atoms with E-state index in [9.17, 15) is 4.79 Å². The minimum absolute atomic E-state index is 0.144. The van der Waals surface area contributed by atoms with Gasteiger partial charge < -0.3 is 14.2 Å². The Morgan fingerprint density at radius 1 is 1.43 bits per heavy atom. The first-order chi connectivity index (χ1) is 10.1. The normalized spacial score (nSPS) is 19.3. The van der Waals surface area contributed by atoms with Crippen LogP contribution in [0.3, 0.4) is 0 Å². The third-order valence-electron chi connectivity index (χ3n) is 3.88. The molecule has 0 aliphatic carbocycles. The minimum Gasteiger partial charge on any atom is -0.481 e. The maximum atomic E-state index is 11.7. The van der Waals surface area contributed by atoms with Gasteiger partial charge in [0.25, 0.3) is 0 Å². The molecule has 21 heavy (non-hydrogen) atoms. The SMILES string of the molecule is COc1ccc2nc(CCl)n(C3CCC(=O)N(C)C3)c2n1. The number of amides is 1. The fourth-order valence-corrected chi connectivity index (χ4v) is 2.98. The van der Waals surface area contributed by atoms with Crippen LogP contribution in [0.25, 0.3) is 11.2 Å². The van der Waals surface area contributed by atoms with Crippen LogP contribution in [0.2, 0.25) is 0 Å². The number of carbonyl (C=O) groups is 1. The lowest BCUT2D eigenvalue weighted by Gasteiger charge is -2.31. The van der Waals surface area contributed by atoms with Gasteiger partial charge in [0.05, 0.1) is 19.0 Å². The van der Waals surface area contributed by atoms with Crippen molar-refractivity contribution in [3.05, 3.63) is 18.0 Å². The number of ether oxygens (including phenoxy) is 1. The van der Waals surface area contributed by atoms with Crippen molar-refractivity contribution in [1.29, 1.82) is 0 Å². The predicted molar refractivity (Wildman–Crippen MR) is 79.5 cm³/mol. The van der Waals surface area contributed by atoms with Crippen LogP contribution in [0.4, 0.5) is 0 Å². The predicted octanol–water partition coefficient (Wildman–Crippen LogP) is 1.97. The van der Waals surface area contributed by atoms with Crippen molar-refractivity contribution in [2.75, 3.05) is 20.7 Å². The molecular formula is C14H17ClN4O2. The summed E-state index contributed by atoms with van der Waals surface area (Å²) >= 11 is 6.04. The lowest BCUT2D eigenvalue weighted by Crippen LogP contribution is -2.38. The molecule has 0 N–H and O–H groups in total. The van der Waals surface area contributed by atoms with E-state index in [0.717, 1.165) is 23.4 Å². The number of carbonyl (C=O) groups excluding carboxylic acids is 1. The van der Waals surface area contributed by atoms with E-state index >= 15 is 0 Å². The zero-order chi connectivity index (χ0) is 15.0. The van der Waals surface area contributed by atoms with Gasteiger partial charge in [0, 0.05) is 26.1 Å². The number of halogens is 1. The molecule has 2 aromatic rings. The van der Waals surface area contributed by atoms with Crippen LogP contribution in [0.1, 0.15) is 24.7 Å². The average molecular weight is 309 g/mol. The number of likely N-dealkylation sites (tertiary alicyclic amines) is 1. The highest BCUT2D eigenvalue weighted by Crippen LogP contribution is 2.28. The summed E-state index contributed by atoms with van der Waals surface area (Å²) in [6.07, 6.45) is 1.31. The van der Waals surface area contributed by atoms with Crippen molar-refractivity contribution in [3.8, 4) is 5.88 Å². The van der Waals surface area contributed by atoms with Crippen molar-refractivity contribution in [2.24, 2.45) is 0 Å². The van der Waals surface area contributed by atoms with E-state index in [1.807, 2.05) is 17.7 Å². The van der Waals surface area contributed by atoms with Crippen molar-refractivity contribution < 1.29 is 9.53 Å². The second-order valence-electron chi connectivity index (χ2n) is 5.19. The number of fused-ring (bicyclic) bond motifs is 1. The van der Waals surface area contributed by atoms with E-state index in [1.165, 1.54) is 0 Å². The molecule has 2 aromatic heterocycles. The Balaban J connectivity index is 2.08. The molecule has 3 rings (SSSR count). The first-order valence-corrected chi connectivity index (χ1v) is 7.39. The zero-order valence-corrected chi connectivity index (χ0v) is 12.8. The Hall–Kier alpha value is -1.82. The maximum absolute atomic E-state index is 11.7. The highest BCUT2D eigenvalue weighted by atomic mass is 35.5. The van der Waals surface area contributed by atoms with Gasteiger partial charge in [0.15, 0.2) is 5.65 Å². The summed E-state index contributed by atoms with van der Waals surface area (Å²) in [5.74, 6) is 1.81. The average Bonchev–Trinajstić information content (AvgIpc) is 2.87. The van der Waals surface area contributed by atoms with Gasteiger partial charge in [-0.3, -0.25) is 4.79 Å². The topological polar surface area (TPSA) is 60.3 Å². The number of nitrogens with zero attached hydrogens (tertiary/aromatic N) is 4. The monoisotopic (exact) mass is 308 g/mol. The molecule has 1 atom stereocenters. The molecule has 1 fully saturated rings. The van der Waals surface area contributed by atoms with Gasteiger partial charge in [-0.05, 0) is 12.5 Å². The fraction of sp³-hybridized carbons (Fsp3) is 0.500. The third kappa shape index (κ3) is 2.44. The van der Waals surface area contributed by atoms with E-state index in [-0.39, 0.29) is 11.9 Å². The number of alkyl halides is 1. The summed E-state index contributed by atoms with van der Waals surface area (Å²) in [7, 11) is 3.41. The number of likely N-dealkylation sites (N-methyl/N-ethyl adjacent to an activating group) is 1. The Bertz CT molecular complexity index is 685. The van der Waals surface area contributed by atoms with Gasteiger partial charge in [-0.25, -0.2) is 4.98 Å². The van der Waals surface area contributed by atoms with Crippen LogP contribution in [-0.4, -0.2) is 46.0 Å². The number of piperidine rings is 1. The molecule has 0 saturated carbocycles. The van der Waals surface area contributed by atoms with E-state index in [4.69, 9.17) is 16.3 Å². The Kier molecular flexibility index (Phi) is 3.71. The summed E-state index contributed by atoms with van der Waals surface area (Å²) in [5, 5.41) is 0. The molecule has 1 aliphatic rings. The lowest BCUT2D eigenvalue weighted by molar-refractivity contribution is -0.132. The number of pyridine rings is 1. The maximum Gasteiger partial charge on any atom is 0.222 e. The molecule has 1 aliphatic heterocycles. The van der Waals surface area contributed by atoms with Gasteiger partial charge in [0.2, 0.25) is 11.8 Å². The first-order valence-electron chi connectivity index (χ1n) is 6.85. The van der Waals surface area contributed by atoms with Crippen molar-refractivity contribution >= 4 is 28.7 Å². The van der Waals surface area contributed by atoms with Crippen molar-refractivity contribution in [2.45, 2.75) is 24.8 Å². The second kappa shape index (κ2) is 5.52. The summed E-state index contributed by atoms with van der Waals surface area (Å²) < 4.78 is 7.25. The molecule has 0 radical (unpaired) electrons. The number of imidazole rings is 1. The molecular weight excluding hydrogens is 292 g/mol. The molecule has 0 spiro atoms. The molecule has 3 heterocycles.